The Bertz CT molecular complexity index is 772. The summed E-state index contributed by atoms with van der Waals surface area (Å²) in [4.78, 5) is 29.0. The second kappa shape index (κ2) is 8.76. The van der Waals surface area contributed by atoms with Gasteiger partial charge >= 0.3 is 0 Å². The molecule has 1 unspecified atom stereocenters. The number of aromatic nitrogens is 1. The average Bonchev–Trinajstić information content (AvgIpc) is 2.70. The van der Waals surface area contributed by atoms with Crippen LogP contribution in [-0.4, -0.2) is 41.1 Å². The van der Waals surface area contributed by atoms with Crippen molar-refractivity contribution in [1.29, 1.82) is 0 Å². The molecule has 138 valence electrons. The fourth-order valence-electron chi connectivity index (χ4n) is 3.39. The number of aliphatic hydroxyl groups is 1. The molecule has 3 N–H and O–H groups in total. The second-order valence-electron chi connectivity index (χ2n) is 6.87. The van der Waals surface area contributed by atoms with Gasteiger partial charge in [-0.3, -0.25) is 14.6 Å². The summed E-state index contributed by atoms with van der Waals surface area (Å²) in [6.45, 7) is 0.159. The molecule has 3 rings (SSSR count). The van der Waals surface area contributed by atoms with Crippen LogP contribution in [0.5, 0.6) is 0 Å². The number of para-hydroxylation sites is 1. The molecule has 0 bridgehead atoms. The van der Waals surface area contributed by atoms with E-state index < -0.39 is 18.6 Å². The number of hydrogen-bond donors (Lipinski definition) is 3. The first-order chi connectivity index (χ1) is 12.7. The number of fused-ring (bicyclic) bond motifs is 1. The molecule has 2 aromatic rings. The summed E-state index contributed by atoms with van der Waals surface area (Å²) in [7, 11) is 0. The molecular weight excluding hydrogens is 330 g/mol. The van der Waals surface area contributed by atoms with E-state index in [0.717, 1.165) is 23.7 Å². The standard InChI is InChI=1S/C20H25N3O3/c24-13-18(20(26)22-11-14-6-2-1-3-7-14)23-19(25)16-10-15-8-4-5-9-17(15)21-12-16/h4-5,8-10,12,14,18,24H,1-3,6-7,11,13H2,(H,22,26)(H,23,25). The van der Waals surface area contributed by atoms with E-state index in [1.54, 1.807) is 6.07 Å². The zero-order valence-corrected chi connectivity index (χ0v) is 14.8. The van der Waals surface area contributed by atoms with E-state index in [1.807, 2.05) is 24.3 Å². The van der Waals surface area contributed by atoms with Crippen molar-refractivity contribution < 1.29 is 14.7 Å². The molecule has 6 nitrogen and oxygen atoms in total. The van der Waals surface area contributed by atoms with Crippen LogP contribution >= 0.6 is 0 Å². The number of benzene rings is 1. The first-order valence-electron chi connectivity index (χ1n) is 9.21. The van der Waals surface area contributed by atoms with Gasteiger partial charge in [-0.1, -0.05) is 37.5 Å². The highest BCUT2D eigenvalue weighted by Gasteiger charge is 2.22. The molecule has 26 heavy (non-hydrogen) atoms. The lowest BCUT2D eigenvalue weighted by molar-refractivity contribution is -0.124. The Labute approximate surface area is 153 Å². The maximum absolute atomic E-state index is 12.4. The highest BCUT2D eigenvalue weighted by Crippen LogP contribution is 2.22. The molecule has 1 atom stereocenters. The van der Waals surface area contributed by atoms with Crippen molar-refractivity contribution in [2.45, 2.75) is 38.1 Å². The number of carbonyl (C=O) groups is 2. The van der Waals surface area contributed by atoms with E-state index in [2.05, 4.69) is 15.6 Å². The first-order valence-corrected chi connectivity index (χ1v) is 9.21. The predicted molar refractivity (Wildman–Crippen MR) is 99.7 cm³/mol. The van der Waals surface area contributed by atoms with E-state index in [0.29, 0.717) is 18.0 Å². The maximum atomic E-state index is 12.4. The Balaban J connectivity index is 1.58. The number of nitrogens with one attached hydrogen (secondary N) is 2. The lowest BCUT2D eigenvalue weighted by Crippen LogP contribution is -2.49. The number of nitrogens with zero attached hydrogens (tertiary/aromatic N) is 1. The molecule has 1 saturated carbocycles. The first kappa shape index (κ1) is 18.3. The molecular formula is C20H25N3O3. The SMILES string of the molecule is O=C(NC(CO)C(=O)NCC1CCCCC1)c1cnc2ccccc2c1. The van der Waals surface area contributed by atoms with Gasteiger partial charge in [-0.25, -0.2) is 0 Å². The topological polar surface area (TPSA) is 91.3 Å². The minimum absolute atomic E-state index is 0.347. The van der Waals surface area contributed by atoms with Gasteiger partial charge in [-0.15, -0.1) is 0 Å². The lowest BCUT2D eigenvalue weighted by atomic mass is 9.89. The number of carbonyl (C=O) groups excluding carboxylic acids is 2. The molecule has 2 amide bonds. The summed E-state index contributed by atoms with van der Waals surface area (Å²) in [6, 6.07) is 8.27. The Kier molecular flexibility index (Phi) is 6.17. The van der Waals surface area contributed by atoms with Crippen LogP contribution in [0, 0.1) is 5.92 Å². The van der Waals surface area contributed by atoms with E-state index in [4.69, 9.17) is 0 Å². The van der Waals surface area contributed by atoms with Gasteiger partial charge in [0.1, 0.15) is 6.04 Å². The fourth-order valence-corrected chi connectivity index (χ4v) is 3.39. The monoisotopic (exact) mass is 355 g/mol. The van der Waals surface area contributed by atoms with Gasteiger partial charge < -0.3 is 15.7 Å². The number of amides is 2. The molecule has 1 fully saturated rings. The van der Waals surface area contributed by atoms with Gasteiger partial charge in [-0.05, 0) is 30.9 Å². The van der Waals surface area contributed by atoms with Crippen molar-refractivity contribution in [2.75, 3.05) is 13.2 Å². The Morgan fingerprint density at radius 1 is 1.19 bits per heavy atom. The van der Waals surface area contributed by atoms with Crippen LogP contribution in [-0.2, 0) is 4.79 Å². The minimum Gasteiger partial charge on any atom is -0.394 e. The van der Waals surface area contributed by atoms with Gasteiger partial charge in [0, 0.05) is 18.1 Å². The maximum Gasteiger partial charge on any atom is 0.253 e. The van der Waals surface area contributed by atoms with Crippen LogP contribution < -0.4 is 10.6 Å². The van der Waals surface area contributed by atoms with Crippen molar-refractivity contribution in [3.8, 4) is 0 Å². The number of aliphatic hydroxyl groups excluding tert-OH is 1. The van der Waals surface area contributed by atoms with E-state index >= 15 is 0 Å². The molecule has 1 heterocycles. The van der Waals surface area contributed by atoms with Gasteiger partial charge in [-0.2, -0.15) is 0 Å². The molecule has 6 heteroatoms. The van der Waals surface area contributed by atoms with Crippen LogP contribution in [0.1, 0.15) is 42.5 Å². The van der Waals surface area contributed by atoms with Gasteiger partial charge in [0.15, 0.2) is 0 Å². The third-order valence-corrected chi connectivity index (χ3v) is 4.95. The molecule has 0 aliphatic heterocycles. The van der Waals surface area contributed by atoms with Gasteiger partial charge in [0.25, 0.3) is 5.91 Å². The molecule has 1 aromatic carbocycles. The zero-order valence-electron chi connectivity index (χ0n) is 14.8. The van der Waals surface area contributed by atoms with Crippen LogP contribution in [0.25, 0.3) is 10.9 Å². The minimum atomic E-state index is -0.961. The third kappa shape index (κ3) is 4.58. The molecule has 1 aliphatic rings. The second-order valence-corrected chi connectivity index (χ2v) is 6.87. The third-order valence-electron chi connectivity index (χ3n) is 4.95. The van der Waals surface area contributed by atoms with Crippen LogP contribution in [0.2, 0.25) is 0 Å². The van der Waals surface area contributed by atoms with Crippen molar-refractivity contribution >= 4 is 22.7 Å². The smallest absolute Gasteiger partial charge is 0.253 e. The number of pyridine rings is 1. The molecule has 1 aromatic heterocycles. The largest absolute Gasteiger partial charge is 0.394 e. The van der Waals surface area contributed by atoms with E-state index in [-0.39, 0.29) is 5.91 Å². The fraction of sp³-hybridized carbons (Fsp3) is 0.450. The van der Waals surface area contributed by atoms with Crippen LogP contribution in [0.3, 0.4) is 0 Å². The number of hydrogen-bond acceptors (Lipinski definition) is 4. The molecule has 0 saturated heterocycles. The van der Waals surface area contributed by atoms with Crippen molar-refractivity contribution in [3.05, 3.63) is 42.1 Å². The summed E-state index contributed by atoms with van der Waals surface area (Å²) in [5, 5.41) is 15.8. The molecule has 1 aliphatic carbocycles. The quantitative estimate of drug-likeness (QED) is 0.739. The summed E-state index contributed by atoms with van der Waals surface area (Å²) in [5.74, 6) is -0.275. The Morgan fingerprint density at radius 2 is 1.96 bits per heavy atom. The summed E-state index contributed by atoms with van der Waals surface area (Å²) in [6.07, 6.45) is 7.40. The lowest BCUT2D eigenvalue weighted by Gasteiger charge is -2.23. The van der Waals surface area contributed by atoms with Gasteiger partial charge in [0.05, 0.1) is 17.7 Å². The Morgan fingerprint density at radius 3 is 2.73 bits per heavy atom. The highest BCUT2D eigenvalue weighted by atomic mass is 16.3. The van der Waals surface area contributed by atoms with Crippen LogP contribution in [0.4, 0.5) is 0 Å². The molecule has 0 radical (unpaired) electrons. The van der Waals surface area contributed by atoms with E-state index in [9.17, 15) is 14.7 Å². The predicted octanol–water partition coefficient (Wildman–Crippen LogP) is 2.02. The van der Waals surface area contributed by atoms with Crippen molar-refractivity contribution in [2.24, 2.45) is 5.92 Å². The number of rotatable bonds is 6. The highest BCUT2D eigenvalue weighted by molar-refractivity contribution is 5.99. The normalized spacial score (nSPS) is 16.2. The molecule has 0 spiro atoms. The summed E-state index contributed by atoms with van der Waals surface area (Å²) < 4.78 is 0. The van der Waals surface area contributed by atoms with Crippen molar-refractivity contribution in [3.63, 3.8) is 0 Å². The van der Waals surface area contributed by atoms with E-state index in [1.165, 1.54) is 25.5 Å². The summed E-state index contributed by atoms with van der Waals surface area (Å²) >= 11 is 0. The van der Waals surface area contributed by atoms with Crippen molar-refractivity contribution in [1.82, 2.24) is 15.6 Å². The summed E-state index contributed by atoms with van der Waals surface area (Å²) in [5.41, 5.74) is 1.16. The average molecular weight is 355 g/mol. The van der Waals surface area contributed by atoms with Gasteiger partial charge in [0.2, 0.25) is 5.91 Å². The zero-order chi connectivity index (χ0) is 18.4. The van der Waals surface area contributed by atoms with Crippen LogP contribution in [0.15, 0.2) is 36.5 Å². The Hall–Kier alpha value is -2.47.